The van der Waals surface area contributed by atoms with E-state index in [9.17, 15) is 4.21 Å². The van der Waals surface area contributed by atoms with Gasteiger partial charge in [0, 0.05) is 4.90 Å². The smallest absolute Gasteiger partial charge is 0.192 e. The second-order valence-electron chi connectivity index (χ2n) is 12.2. The highest BCUT2D eigenvalue weighted by Gasteiger charge is 2.38. The number of aryl methyl sites for hydroxylation is 1. The molecule has 2 atom stereocenters. The van der Waals surface area contributed by atoms with Crippen molar-refractivity contribution in [1.82, 2.24) is 0 Å². The zero-order valence-corrected chi connectivity index (χ0v) is 24.1. The maximum absolute atomic E-state index is 14.6. The standard InChI is InChI=1S/C27H47NO2SSi/c1-21(2)25(19-30-32(9,10)26(4,5)6)28-31(29,24-15-13-22(3)14-16-24)20-23-12-11-17-27(7,8)18-23/h13-16,18,21,25H,11-12,17,19-20H2,1-10H3/t25-,31?/m0/s1. The average molecular weight is 478 g/mol. The van der Waals surface area contributed by atoms with Gasteiger partial charge in [0.05, 0.1) is 28.1 Å². The van der Waals surface area contributed by atoms with Crippen molar-refractivity contribution in [3.05, 3.63) is 41.5 Å². The Bertz CT molecular complexity index is 914. The van der Waals surface area contributed by atoms with Crippen LogP contribution in [0.2, 0.25) is 18.1 Å². The van der Waals surface area contributed by atoms with E-state index in [4.69, 9.17) is 8.79 Å². The summed E-state index contributed by atoms with van der Waals surface area (Å²) in [6.45, 7) is 22.8. The Morgan fingerprint density at radius 3 is 2.25 bits per heavy atom. The first-order valence-corrected chi connectivity index (χ1v) is 16.8. The number of rotatable bonds is 8. The fourth-order valence-corrected chi connectivity index (χ4v) is 7.26. The van der Waals surface area contributed by atoms with Crippen molar-refractivity contribution in [2.24, 2.45) is 15.7 Å². The number of benzene rings is 1. The van der Waals surface area contributed by atoms with Gasteiger partial charge in [0.2, 0.25) is 0 Å². The zero-order valence-electron chi connectivity index (χ0n) is 22.2. The van der Waals surface area contributed by atoms with Crippen molar-refractivity contribution >= 4 is 18.0 Å². The van der Waals surface area contributed by atoms with Gasteiger partial charge in [-0.05, 0) is 67.8 Å². The third-order valence-corrected chi connectivity index (χ3v) is 14.1. The molecule has 1 unspecified atom stereocenters. The fourth-order valence-electron chi connectivity index (χ4n) is 3.84. The molecule has 1 aliphatic rings. The van der Waals surface area contributed by atoms with Crippen molar-refractivity contribution in [3.63, 3.8) is 0 Å². The summed E-state index contributed by atoms with van der Waals surface area (Å²) >= 11 is 0. The summed E-state index contributed by atoms with van der Waals surface area (Å²) in [7, 11) is -4.49. The van der Waals surface area contributed by atoms with Crippen LogP contribution in [0.3, 0.4) is 0 Å². The Hall–Kier alpha value is -0.913. The molecule has 5 heteroatoms. The molecule has 2 rings (SSSR count). The predicted molar refractivity (Wildman–Crippen MR) is 142 cm³/mol. The number of hydrogen-bond donors (Lipinski definition) is 0. The quantitative estimate of drug-likeness (QED) is 0.281. The Morgan fingerprint density at radius 1 is 1.16 bits per heavy atom. The van der Waals surface area contributed by atoms with Crippen LogP contribution in [0.1, 0.15) is 73.3 Å². The second kappa shape index (κ2) is 10.1. The third-order valence-electron chi connectivity index (χ3n) is 7.18. The summed E-state index contributed by atoms with van der Waals surface area (Å²) in [5.41, 5.74) is 2.64. The molecule has 1 aliphatic carbocycles. The van der Waals surface area contributed by atoms with E-state index >= 15 is 0 Å². The largest absolute Gasteiger partial charge is 0.415 e. The topological polar surface area (TPSA) is 38.7 Å². The van der Waals surface area contributed by atoms with Gasteiger partial charge in [-0.15, -0.1) is 0 Å². The summed E-state index contributed by atoms with van der Waals surface area (Å²) in [5, 5.41) is 0.144. The summed E-state index contributed by atoms with van der Waals surface area (Å²) in [6.07, 6.45) is 5.73. The van der Waals surface area contributed by atoms with Crippen molar-refractivity contribution in [3.8, 4) is 0 Å². The van der Waals surface area contributed by atoms with Gasteiger partial charge in [-0.3, -0.25) is 0 Å². The van der Waals surface area contributed by atoms with Gasteiger partial charge in [-0.2, -0.15) is 0 Å². The molecule has 182 valence electrons. The molecule has 0 radical (unpaired) electrons. The van der Waals surface area contributed by atoms with Crippen molar-refractivity contribution in [2.45, 2.75) is 104 Å². The van der Waals surface area contributed by atoms with Crippen LogP contribution >= 0.6 is 0 Å². The van der Waals surface area contributed by atoms with Crippen LogP contribution in [0.15, 0.2) is 45.2 Å². The normalized spacial score (nSPS) is 19.9. The first-order chi connectivity index (χ1) is 14.5. The lowest BCUT2D eigenvalue weighted by Gasteiger charge is -2.37. The zero-order chi connectivity index (χ0) is 24.4. The van der Waals surface area contributed by atoms with E-state index in [1.54, 1.807) is 0 Å². The molecule has 0 saturated heterocycles. The minimum Gasteiger partial charge on any atom is -0.415 e. The van der Waals surface area contributed by atoms with E-state index in [0.29, 0.717) is 12.4 Å². The lowest BCUT2D eigenvalue weighted by atomic mass is 9.80. The first kappa shape index (κ1) is 27.3. The van der Waals surface area contributed by atoms with E-state index in [0.717, 1.165) is 17.7 Å². The molecule has 0 aromatic heterocycles. The molecule has 0 heterocycles. The van der Waals surface area contributed by atoms with Crippen LogP contribution in [0.5, 0.6) is 0 Å². The van der Waals surface area contributed by atoms with Crippen LogP contribution < -0.4 is 0 Å². The highest BCUT2D eigenvalue weighted by Crippen LogP contribution is 2.37. The summed E-state index contributed by atoms with van der Waals surface area (Å²) < 4.78 is 26.2. The van der Waals surface area contributed by atoms with Gasteiger partial charge in [0.15, 0.2) is 8.32 Å². The second-order valence-corrected chi connectivity index (χ2v) is 19.3. The number of allylic oxidation sites excluding steroid dienone is 1. The Balaban J connectivity index is 2.47. The van der Waals surface area contributed by atoms with Gasteiger partial charge in [0.25, 0.3) is 0 Å². The average Bonchev–Trinajstić information content (AvgIpc) is 2.63. The van der Waals surface area contributed by atoms with E-state index in [1.165, 1.54) is 17.6 Å². The third kappa shape index (κ3) is 7.29. The molecule has 0 saturated carbocycles. The molecule has 0 amide bonds. The number of hydrogen-bond acceptors (Lipinski definition) is 3. The maximum atomic E-state index is 14.6. The molecule has 0 fully saturated rings. The highest BCUT2D eigenvalue weighted by molar-refractivity contribution is 7.93. The van der Waals surface area contributed by atoms with Crippen molar-refractivity contribution < 1.29 is 8.63 Å². The van der Waals surface area contributed by atoms with Crippen LogP contribution in [-0.2, 0) is 14.2 Å². The Morgan fingerprint density at radius 2 is 1.75 bits per heavy atom. The van der Waals surface area contributed by atoms with Gasteiger partial charge in [0.1, 0.15) is 0 Å². The van der Waals surface area contributed by atoms with E-state index < -0.39 is 18.0 Å². The summed E-state index contributed by atoms with van der Waals surface area (Å²) in [4.78, 5) is 0.852. The van der Waals surface area contributed by atoms with Crippen LogP contribution in [0.25, 0.3) is 0 Å². The summed E-state index contributed by atoms with van der Waals surface area (Å²) in [6, 6.07) is 8.05. The molecule has 0 aliphatic heterocycles. The highest BCUT2D eigenvalue weighted by atomic mass is 32.2. The molecular weight excluding hydrogens is 430 g/mol. The van der Waals surface area contributed by atoms with Crippen LogP contribution in [0, 0.1) is 18.3 Å². The summed E-state index contributed by atoms with van der Waals surface area (Å²) in [5.74, 6) is 0.797. The van der Waals surface area contributed by atoms with Crippen molar-refractivity contribution in [2.75, 3.05) is 12.4 Å². The number of nitrogens with zero attached hydrogens (tertiary/aromatic N) is 1. The van der Waals surface area contributed by atoms with Crippen LogP contribution in [0.4, 0.5) is 0 Å². The van der Waals surface area contributed by atoms with Gasteiger partial charge >= 0.3 is 0 Å². The fraction of sp³-hybridized carbons (Fsp3) is 0.704. The lowest BCUT2D eigenvalue weighted by molar-refractivity contribution is 0.240. The van der Waals surface area contributed by atoms with E-state index in [1.807, 2.05) is 12.1 Å². The molecule has 0 spiro atoms. The van der Waals surface area contributed by atoms with Crippen molar-refractivity contribution in [1.29, 1.82) is 0 Å². The molecule has 0 bridgehead atoms. The predicted octanol–water partition coefficient (Wildman–Crippen LogP) is 8.00. The molecule has 3 nitrogen and oxygen atoms in total. The molecule has 1 aromatic carbocycles. The minimum absolute atomic E-state index is 0.0878. The minimum atomic E-state index is -2.59. The molecule has 1 aromatic rings. The van der Waals surface area contributed by atoms with Gasteiger partial charge in [-0.1, -0.05) is 77.8 Å². The van der Waals surface area contributed by atoms with E-state index in [-0.39, 0.29) is 22.4 Å². The maximum Gasteiger partial charge on any atom is 0.192 e. The van der Waals surface area contributed by atoms with E-state index in [2.05, 4.69) is 86.7 Å². The molecular formula is C27H47NO2SSi. The monoisotopic (exact) mass is 477 g/mol. The van der Waals surface area contributed by atoms with Gasteiger partial charge in [-0.25, -0.2) is 8.57 Å². The SMILES string of the molecule is Cc1ccc(S(=O)(CC2=CC(C)(C)CCC2)=N[C@@H](CO[Si](C)(C)C(C)(C)C)C(C)C)cc1. The molecule has 0 N–H and O–H groups in total. The first-order valence-electron chi connectivity index (χ1n) is 12.2. The Labute approximate surface area is 199 Å². The lowest BCUT2D eigenvalue weighted by Crippen LogP contribution is -2.43. The Kier molecular flexibility index (Phi) is 8.67. The molecule has 32 heavy (non-hydrogen) atoms. The van der Waals surface area contributed by atoms with Crippen LogP contribution in [-0.4, -0.2) is 30.9 Å². The van der Waals surface area contributed by atoms with Gasteiger partial charge < -0.3 is 4.43 Å².